The van der Waals surface area contributed by atoms with Crippen molar-refractivity contribution in [2.75, 3.05) is 19.0 Å². The molecule has 8 heteroatoms. The van der Waals surface area contributed by atoms with E-state index in [0.29, 0.717) is 16.9 Å². The zero-order valence-electron chi connectivity index (χ0n) is 15.0. The second-order valence-corrected chi connectivity index (χ2v) is 6.60. The van der Waals surface area contributed by atoms with E-state index in [2.05, 4.69) is 10.3 Å². The number of ether oxygens (including phenoxy) is 1. The predicted octanol–water partition coefficient (Wildman–Crippen LogP) is 3.54. The molecule has 2 N–H and O–H groups in total. The number of hydrogen-bond acceptors (Lipinski definition) is 3. The predicted molar refractivity (Wildman–Crippen MR) is 100 cm³/mol. The first-order chi connectivity index (χ1) is 13.5. The lowest BCUT2D eigenvalue weighted by atomic mass is 9.95. The summed E-state index contributed by atoms with van der Waals surface area (Å²) in [4.78, 5) is 29.1. The van der Waals surface area contributed by atoms with Gasteiger partial charge in [0.2, 0.25) is 0 Å². The molecule has 1 aromatic heterocycles. The van der Waals surface area contributed by atoms with Crippen LogP contribution in [0.15, 0.2) is 47.3 Å². The monoisotopic (exact) mass is 385 g/mol. The first-order valence-corrected chi connectivity index (χ1v) is 8.66. The van der Waals surface area contributed by atoms with Gasteiger partial charge in [0.05, 0.1) is 24.6 Å². The van der Waals surface area contributed by atoms with E-state index in [1.165, 1.54) is 4.90 Å². The Morgan fingerprint density at radius 3 is 2.57 bits per heavy atom. The van der Waals surface area contributed by atoms with Gasteiger partial charge in [0.1, 0.15) is 0 Å². The van der Waals surface area contributed by atoms with Crippen LogP contribution in [-0.2, 0) is 11.3 Å². The highest BCUT2D eigenvalue weighted by Gasteiger charge is 2.31. The van der Waals surface area contributed by atoms with E-state index in [0.717, 1.165) is 12.1 Å². The molecule has 1 aliphatic rings. The van der Waals surface area contributed by atoms with E-state index in [4.69, 9.17) is 4.74 Å². The summed E-state index contributed by atoms with van der Waals surface area (Å²) in [5, 5.41) is 3.07. The van der Waals surface area contributed by atoms with Gasteiger partial charge in [0.25, 0.3) is 5.56 Å². The van der Waals surface area contributed by atoms with Crippen LogP contribution in [0.25, 0.3) is 10.8 Å². The van der Waals surface area contributed by atoms with Crippen LogP contribution in [0.4, 0.5) is 19.3 Å². The molecule has 28 heavy (non-hydrogen) atoms. The molecular weight excluding hydrogens is 368 g/mol. The molecule has 6 nitrogen and oxygen atoms in total. The number of rotatable bonds is 2. The first kappa shape index (κ1) is 18.1. The van der Waals surface area contributed by atoms with Crippen molar-refractivity contribution in [2.24, 2.45) is 0 Å². The average Bonchev–Trinajstić information content (AvgIpc) is 2.69. The highest BCUT2D eigenvalue weighted by atomic mass is 19.2. The fourth-order valence-corrected chi connectivity index (χ4v) is 3.42. The number of para-hydroxylation sites is 1. The number of carbonyl (C=O) groups is 1. The second-order valence-electron chi connectivity index (χ2n) is 6.60. The number of anilines is 1. The summed E-state index contributed by atoms with van der Waals surface area (Å²) in [6.07, 6.45) is 0. The summed E-state index contributed by atoms with van der Waals surface area (Å²) < 4.78 is 33.1. The van der Waals surface area contributed by atoms with Crippen LogP contribution in [0.3, 0.4) is 0 Å². The van der Waals surface area contributed by atoms with Crippen molar-refractivity contribution in [1.82, 2.24) is 9.88 Å². The number of benzene rings is 2. The third-order valence-electron chi connectivity index (χ3n) is 4.85. The van der Waals surface area contributed by atoms with Crippen molar-refractivity contribution in [1.29, 1.82) is 0 Å². The molecule has 1 atom stereocenters. The minimum atomic E-state index is -1.10. The van der Waals surface area contributed by atoms with Crippen molar-refractivity contribution in [3.8, 4) is 0 Å². The van der Waals surface area contributed by atoms with Crippen molar-refractivity contribution >= 4 is 22.5 Å². The minimum absolute atomic E-state index is 0.0291. The quantitative estimate of drug-likeness (QED) is 0.709. The highest BCUT2D eigenvalue weighted by Crippen LogP contribution is 2.33. The molecule has 0 saturated heterocycles. The molecule has 4 rings (SSSR count). The molecule has 2 aromatic carbocycles. The molecule has 0 bridgehead atoms. The van der Waals surface area contributed by atoms with Crippen molar-refractivity contribution in [3.05, 3.63) is 75.7 Å². The zero-order chi connectivity index (χ0) is 19.8. The van der Waals surface area contributed by atoms with Crippen molar-refractivity contribution in [3.63, 3.8) is 0 Å². The molecular formula is C20H17F2N3O3. The van der Waals surface area contributed by atoms with E-state index in [9.17, 15) is 18.4 Å². The molecule has 1 aliphatic heterocycles. The van der Waals surface area contributed by atoms with E-state index in [1.54, 1.807) is 31.3 Å². The van der Waals surface area contributed by atoms with E-state index < -0.39 is 29.3 Å². The summed E-state index contributed by atoms with van der Waals surface area (Å²) in [5.41, 5.74) is 1.08. The van der Waals surface area contributed by atoms with Gasteiger partial charge in [-0.3, -0.25) is 4.79 Å². The van der Waals surface area contributed by atoms with Crippen molar-refractivity contribution < 1.29 is 18.3 Å². The van der Waals surface area contributed by atoms with Crippen molar-refractivity contribution in [2.45, 2.75) is 12.6 Å². The molecule has 0 unspecified atom stereocenters. The SMILES string of the molecule is CN(C(=O)Nc1ccccc1)[C@H]1COCc2[nH]c(=O)c3cc(F)c(F)cc3c21. The largest absolute Gasteiger partial charge is 0.373 e. The molecule has 0 radical (unpaired) electrons. The van der Waals surface area contributed by atoms with E-state index in [-0.39, 0.29) is 24.0 Å². The van der Waals surface area contributed by atoms with Gasteiger partial charge in [-0.1, -0.05) is 18.2 Å². The number of urea groups is 1. The Morgan fingerprint density at radius 2 is 1.86 bits per heavy atom. The van der Waals surface area contributed by atoms with Crippen LogP contribution < -0.4 is 10.9 Å². The normalized spacial score (nSPS) is 15.9. The topological polar surface area (TPSA) is 74.4 Å². The molecule has 3 aromatic rings. The Kier molecular flexibility index (Phi) is 4.56. The number of halogens is 2. The Hall–Kier alpha value is -3.26. The lowest BCUT2D eigenvalue weighted by Crippen LogP contribution is -2.39. The molecule has 2 heterocycles. The third kappa shape index (κ3) is 3.11. The smallest absolute Gasteiger partial charge is 0.322 e. The number of aromatic amines is 1. The number of nitrogens with one attached hydrogen (secondary N) is 2. The van der Waals surface area contributed by atoms with Gasteiger partial charge in [-0.25, -0.2) is 13.6 Å². The second kappa shape index (κ2) is 7.05. The number of carbonyl (C=O) groups excluding carboxylic acids is 1. The van der Waals surface area contributed by atoms with Gasteiger partial charge >= 0.3 is 6.03 Å². The number of nitrogens with zero attached hydrogens (tertiary/aromatic N) is 1. The van der Waals surface area contributed by atoms with Crippen LogP contribution >= 0.6 is 0 Å². The average molecular weight is 385 g/mol. The van der Waals surface area contributed by atoms with Gasteiger partial charge in [0.15, 0.2) is 11.6 Å². The number of amides is 2. The lowest BCUT2D eigenvalue weighted by molar-refractivity contribution is 0.0527. The van der Waals surface area contributed by atoms with Gasteiger partial charge in [0, 0.05) is 24.0 Å². The Morgan fingerprint density at radius 1 is 1.18 bits per heavy atom. The molecule has 0 aliphatic carbocycles. The number of pyridine rings is 1. The van der Waals surface area contributed by atoms with E-state index in [1.807, 2.05) is 6.07 Å². The maximum atomic E-state index is 13.9. The summed E-state index contributed by atoms with van der Waals surface area (Å²) >= 11 is 0. The highest BCUT2D eigenvalue weighted by molar-refractivity contribution is 5.91. The maximum absolute atomic E-state index is 13.9. The fraction of sp³-hybridized carbons (Fsp3) is 0.200. The van der Waals surface area contributed by atoms with Crippen LogP contribution in [0.1, 0.15) is 17.3 Å². The van der Waals surface area contributed by atoms with Gasteiger partial charge in [-0.05, 0) is 29.7 Å². The molecule has 0 spiro atoms. The number of aromatic nitrogens is 1. The first-order valence-electron chi connectivity index (χ1n) is 8.66. The van der Waals surface area contributed by atoms with Crippen LogP contribution in [0.5, 0.6) is 0 Å². The number of H-pyrrole nitrogens is 1. The third-order valence-corrected chi connectivity index (χ3v) is 4.85. The number of likely N-dealkylation sites (N-methyl/N-ethyl adjacent to an activating group) is 1. The Labute approximate surface area is 158 Å². The maximum Gasteiger partial charge on any atom is 0.322 e. The Bertz CT molecular complexity index is 1120. The van der Waals surface area contributed by atoms with E-state index >= 15 is 0 Å². The lowest BCUT2D eigenvalue weighted by Gasteiger charge is -2.33. The van der Waals surface area contributed by atoms with Gasteiger partial charge < -0.3 is 19.9 Å². The van der Waals surface area contributed by atoms with Gasteiger partial charge in [-0.15, -0.1) is 0 Å². The van der Waals surface area contributed by atoms with Crippen LogP contribution in [0, 0.1) is 11.6 Å². The molecule has 0 fully saturated rings. The van der Waals surface area contributed by atoms with Crippen LogP contribution in [-0.4, -0.2) is 29.6 Å². The fourth-order valence-electron chi connectivity index (χ4n) is 3.42. The number of fused-ring (bicyclic) bond motifs is 3. The summed E-state index contributed by atoms with van der Waals surface area (Å²) in [6.45, 7) is 0.274. The molecule has 144 valence electrons. The number of hydrogen-bond donors (Lipinski definition) is 2. The Balaban J connectivity index is 1.77. The summed E-state index contributed by atoms with van der Waals surface area (Å²) in [5.74, 6) is -2.15. The summed E-state index contributed by atoms with van der Waals surface area (Å²) in [7, 11) is 1.58. The molecule has 0 saturated carbocycles. The molecule has 2 amide bonds. The summed E-state index contributed by atoms with van der Waals surface area (Å²) in [6, 6.07) is 9.82. The standard InChI is InChI=1S/C20H17F2N3O3/c1-25(20(27)23-11-5-3-2-4-6-11)17-10-28-9-16-18(17)12-7-14(21)15(22)8-13(12)19(26)24-16/h2-8,17H,9-10H2,1H3,(H,23,27)(H,24,26)/t17-/m0/s1. The van der Waals surface area contributed by atoms with Gasteiger partial charge in [-0.2, -0.15) is 0 Å². The minimum Gasteiger partial charge on any atom is -0.373 e. The zero-order valence-corrected chi connectivity index (χ0v) is 15.0. The van der Waals surface area contributed by atoms with Crippen LogP contribution in [0.2, 0.25) is 0 Å².